The number of nitrogens with zero attached hydrogens (tertiary/aromatic N) is 1. The molecule has 1 N–H and O–H groups in total. The summed E-state index contributed by atoms with van der Waals surface area (Å²) in [5.41, 5.74) is 2.57. The van der Waals surface area contributed by atoms with Gasteiger partial charge in [-0.2, -0.15) is 0 Å². The van der Waals surface area contributed by atoms with Gasteiger partial charge in [0.25, 0.3) is 5.91 Å². The van der Waals surface area contributed by atoms with E-state index in [0.717, 1.165) is 25.2 Å². The SMILES string of the molecule is COC1CCN(c2ccc(NC(=O)c3ccccc3C(=O)c3ccc(F)cc3)cc2)C1. The summed E-state index contributed by atoms with van der Waals surface area (Å²) in [6.45, 7) is 1.78. The zero-order chi connectivity index (χ0) is 21.8. The molecule has 0 aliphatic carbocycles. The van der Waals surface area contributed by atoms with Crippen molar-refractivity contribution in [2.75, 3.05) is 30.4 Å². The van der Waals surface area contributed by atoms with Gasteiger partial charge in [-0.25, -0.2) is 4.39 Å². The van der Waals surface area contributed by atoms with Gasteiger partial charge in [0.1, 0.15) is 5.82 Å². The van der Waals surface area contributed by atoms with E-state index in [1.54, 1.807) is 31.4 Å². The molecule has 0 radical (unpaired) electrons. The van der Waals surface area contributed by atoms with Crippen LogP contribution in [0.3, 0.4) is 0 Å². The predicted molar refractivity (Wildman–Crippen MR) is 118 cm³/mol. The second-order valence-electron chi connectivity index (χ2n) is 7.48. The average molecular weight is 418 g/mol. The van der Waals surface area contributed by atoms with Gasteiger partial charge < -0.3 is 15.0 Å². The standard InChI is InChI=1S/C25H23FN2O3/c1-31-21-14-15-28(16-21)20-12-10-19(11-13-20)27-25(30)23-5-3-2-4-22(23)24(29)17-6-8-18(26)9-7-17/h2-13,21H,14-16H2,1H3,(H,27,30). The van der Waals surface area contributed by atoms with Crippen LogP contribution in [0.5, 0.6) is 0 Å². The van der Waals surface area contributed by atoms with Gasteiger partial charge in [-0.3, -0.25) is 9.59 Å². The van der Waals surface area contributed by atoms with Crippen LogP contribution in [-0.4, -0.2) is 38.0 Å². The minimum absolute atomic E-state index is 0.245. The largest absolute Gasteiger partial charge is 0.380 e. The number of hydrogen-bond acceptors (Lipinski definition) is 4. The Morgan fingerprint density at radius 2 is 1.65 bits per heavy atom. The molecule has 1 aliphatic heterocycles. The molecule has 6 heteroatoms. The molecule has 0 spiro atoms. The van der Waals surface area contributed by atoms with Crippen molar-refractivity contribution in [3.63, 3.8) is 0 Å². The van der Waals surface area contributed by atoms with Gasteiger partial charge in [-0.1, -0.05) is 18.2 Å². The van der Waals surface area contributed by atoms with Gasteiger partial charge in [0.2, 0.25) is 0 Å². The third-order valence-corrected chi connectivity index (χ3v) is 5.49. The Morgan fingerprint density at radius 1 is 0.968 bits per heavy atom. The van der Waals surface area contributed by atoms with E-state index < -0.39 is 5.82 Å². The van der Waals surface area contributed by atoms with Gasteiger partial charge in [0.05, 0.1) is 11.7 Å². The predicted octanol–water partition coefficient (Wildman–Crippen LogP) is 4.53. The van der Waals surface area contributed by atoms with Gasteiger partial charge in [0.15, 0.2) is 5.78 Å². The van der Waals surface area contributed by atoms with Crippen LogP contribution < -0.4 is 10.2 Å². The lowest BCUT2D eigenvalue weighted by atomic mass is 9.98. The fraction of sp³-hybridized carbons (Fsp3) is 0.200. The molecule has 1 atom stereocenters. The first-order valence-corrected chi connectivity index (χ1v) is 10.1. The van der Waals surface area contributed by atoms with Gasteiger partial charge >= 0.3 is 0 Å². The lowest BCUT2D eigenvalue weighted by Gasteiger charge is -2.18. The van der Waals surface area contributed by atoms with Gasteiger partial charge in [0, 0.05) is 42.7 Å². The van der Waals surface area contributed by atoms with Gasteiger partial charge in [-0.05, 0) is 61.0 Å². The molecule has 1 heterocycles. The van der Waals surface area contributed by atoms with Crippen LogP contribution in [-0.2, 0) is 4.74 Å². The van der Waals surface area contributed by atoms with Crippen molar-refractivity contribution < 1.29 is 18.7 Å². The Kier molecular flexibility index (Phi) is 6.09. The van der Waals surface area contributed by atoms with Crippen molar-refractivity contribution in [2.24, 2.45) is 0 Å². The first-order chi connectivity index (χ1) is 15.0. The molecule has 0 aromatic heterocycles. The molecule has 3 aromatic rings. The summed E-state index contributed by atoms with van der Waals surface area (Å²) in [5.74, 6) is -1.13. The minimum Gasteiger partial charge on any atom is -0.380 e. The van der Waals surface area contributed by atoms with E-state index in [2.05, 4.69) is 10.2 Å². The number of rotatable bonds is 6. The van der Waals surface area contributed by atoms with Crippen LogP contribution in [0.4, 0.5) is 15.8 Å². The third kappa shape index (κ3) is 4.64. The highest BCUT2D eigenvalue weighted by Gasteiger charge is 2.22. The Morgan fingerprint density at radius 3 is 2.29 bits per heavy atom. The molecule has 1 saturated heterocycles. The van der Waals surface area contributed by atoms with E-state index in [4.69, 9.17) is 4.74 Å². The summed E-state index contributed by atoms with van der Waals surface area (Å²) in [6.07, 6.45) is 1.24. The molecule has 0 bridgehead atoms. The first kappa shape index (κ1) is 20.8. The smallest absolute Gasteiger partial charge is 0.256 e. The molecular formula is C25H23FN2O3. The Bertz CT molecular complexity index is 1080. The average Bonchev–Trinajstić information content (AvgIpc) is 3.29. The molecule has 4 rings (SSSR count). The number of ketones is 1. The number of methoxy groups -OCH3 is 1. The summed E-state index contributed by atoms with van der Waals surface area (Å²) in [5, 5.41) is 2.86. The molecule has 1 amide bonds. The topological polar surface area (TPSA) is 58.6 Å². The number of ether oxygens (including phenoxy) is 1. The van der Waals surface area contributed by atoms with Crippen LogP contribution in [0.25, 0.3) is 0 Å². The number of halogens is 1. The lowest BCUT2D eigenvalue weighted by Crippen LogP contribution is -2.22. The second-order valence-corrected chi connectivity index (χ2v) is 7.48. The molecule has 1 aliphatic rings. The zero-order valence-electron chi connectivity index (χ0n) is 17.2. The van der Waals surface area contributed by atoms with E-state index >= 15 is 0 Å². The summed E-state index contributed by atoms with van der Waals surface area (Å²) in [7, 11) is 1.73. The Hall–Kier alpha value is -3.51. The lowest BCUT2D eigenvalue weighted by molar-refractivity contribution is 0.0996. The van der Waals surface area contributed by atoms with E-state index in [9.17, 15) is 14.0 Å². The van der Waals surface area contributed by atoms with E-state index in [0.29, 0.717) is 11.3 Å². The molecule has 0 saturated carbocycles. The molecule has 158 valence electrons. The number of hydrogen-bond donors (Lipinski definition) is 1. The highest BCUT2D eigenvalue weighted by Crippen LogP contribution is 2.24. The number of amides is 1. The number of carbonyl (C=O) groups excluding carboxylic acids is 2. The monoisotopic (exact) mass is 418 g/mol. The van der Waals surface area contributed by atoms with Crippen LogP contribution >= 0.6 is 0 Å². The summed E-state index contributed by atoms with van der Waals surface area (Å²) >= 11 is 0. The number of anilines is 2. The third-order valence-electron chi connectivity index (χ3n) is 5.49. The molecule has 5 nitrogen and oxygen atoms in total. The second kappa shape index (κ2) is 9.10. The van der Waals surface area contributed by atoms with E-state index in [1.807, 2.05) is 24.3 Å². The summed E-state index contributed by atoms with van der Waals surface area (Å²) in [6, 6.07) is 19.5. The van der Waals surface area contributed by atoms with Crippen LogP contribution in [0.2, 0.25) is 0 Å². The van der Waals surface area contributed by atoms with Crippen LogP contribution in [0.1, 0.15) is 32.7 Å². The maximum absolute atomic E-state index is 13.2. The normalized spacial score (nSPS) is 15.7. The number of benzene rings is 3. The van der Waals surface area contributed by atoms with Crippen molar-refractivity contribution in [3.8, 4) is 0 Å². The highest BCUT2D eigenvalue weighted by atomic mass is 19.1. The molecule has 1 fully saturated rings. The highest BCUT2D eigenvalue weighted by molar-refractivity contribution is 6.17. The van der Waals surface area contributed by atoms with Crippen molar-refractivity contribution in [3.05, 3.63) is 95.3 Å². The Labute approximate surface area is 180 Å². The maximum Gasteiger partial charge on any atom is 0.256 e. The summed E-state index contributed by atoms with van der Waals surface area (Å²) in [4.78, 5) is 28.0. The van der Waals surface area contributed by atoms with Crippen LogP contribution in [0, 0.1) is 5.82 Å². The molecule has 1 unspecified atom stereocenters. The van der Waals surface area contributed by atoms with Crippen molar-refractivity contribution in [2.45, 2.75) is 12.5 Å². The maximum atomic E-state index is 13.2. The minimum atomic E-state index is -0.419. The zero-order valence-corrected chi connectivity index (χ0v) is 17.2. The first-order valence-electron chi connectivity index (χ1n) is 10.1. The molecule has 3 aromatic carbocycles. The van der Waals surface area contributed by atoms with E-state index in [1.165, 1.54) is 24.3 Å². The quantitative estimate of drug-likeness (QED) is 0.598. The molecular weight excluding hydrogens is 395 g/mol. The fourth-order valence-corrected chi connectivity index (χ4v) is 3.75. The fourth-order valence-electron chi connectivity index (χ4n) is 3.75. The van der Waals surface area contributed by atoms with Crippen molar-refractivity contribution >= 4 is 23.1 Å². The van der Waals surface area contributed by atoms with E-state index in [-0.39, 0.29) is 28.9 Å². The number of nitrogens with one attached hydrogen (secondary N) is 1. The van der Waals surface area contributed by atoms with Crippen molar-refractivity contribution in [1.82, 2.24) is 0 Å². The molecule has 31 heavy (non-hydrogen) atoms. The van der Waals surface area contributed by atoms with Crippen LogP contribution in [0.15, 0.2) is 72.8 Å². The summed E-state index contributed by atoms with van der Waals surface area (Å²) < 4.78 is 18.6. The number of carbonyl (C=O) groups is 2. The van der Waals surface area contributed by atoms with Crippen molar-refractivity contribution in [1.29, 1.82) is 0 Å². The Balaban J connectivity index is 1.49. The van der Waals surface area contributed by atoms with Gasteiger partial charge in [-0.15, -0.1) is 0 Å².